The minimum atomic E-state index is -4.39. The molecule has 2 aliphatic rings. The summed E-state index contributed by atoms with van der Waals surface area (Å²) < 4.78 is 46.3. The normalized spacial score (nSPS) is 22.9. The van der Waals surface area contributed by atoms with Gasteiger partial charge in [-0.1, -0.05) is 12.1 Å². The van der Waals surface area contributed by atoms with Gasteiger partial charge in [-0.25, -0.2) is 9.59 Å². The van der Waals surface area contributed by atoms with Gasteiger partial charge in [0.1, 0.15) is 0 Å². The van der Waals surface area contributed by atoms with Gasteiger partial charge in [0.05, 0.1) is 18.3 Å². The number of ether oxygens (including phenoxy) is 1. The molecule has 2 fully saturated rings. The third-order valence-electron chi connectivity index (χ3n) is 6.50. The smallest absolute Gasteiger partial charge is 0.416 e. The summed E-state index contributed by atoms with van der Waals surface area (Å²) in [6, 6.07) is 3.77. The largest absolute Gasteiger partial charge is 0.476 e. The van der Waals surface area contributed by atoms with Crippen LogP contribution in [0.5, 0.6) is 0 Å². The van der Waals surface area contributed by atoms with Crippen LogP contribution in [0.25, 0.3) is 0 Å². The van der Waals surface area contributed by atoms with Crippen LogP contribution in [0.4, 0.5) is 18.0 Å². The number of fused-ring (bicyclic) bond motifs is 1. The lowest BCUT2D eigenvalue weighted by atomic mass is 10.0. The number of nitrogens with zero attached hydrogens (tertiary/aromatic N) is 3. The Bertz CT molecular complexity index is 1040. The summed E-state index contributed by atoms with van der Waals surface area (Å²) in [4.78, 5) is 25.5. The highest BCUT2D eigenvalue weighted by Gasteiger charge is 2.43. The van der Waals surface area contributed by atoms with E-state index in [0.29, 0.717) is 24.2 Å². The van der Waals surface area contributed by atoms with E-state index < -0.39 is 17.7 Å². The number of aryl methyl sites for hydroxylation is 1. The van der Waals surface area contributed by atoms with Gasteiger partial charge >= 0.3 is 18.2 Å². The van der Waals surface area contributed by atoms with E-state index in [1.165, 1.54) is 19.2 Å². The molecule has 0 spiro atoms. The van der Waals surface area contributed by atoms with Crippen LogP contribution in [-0.4, -0.2) is 51.0 Å². The van der Waals surface area contributed by atoms with Crippen molar-refractivity contribution in [2.24, 2.45) is 11.8 Å². The summed E-state index contributed by atoms with van der Waals surface area (Å²) in [6.45, 7) is 4.21. The maximum Gasteiger partial charge on any atom is 0.416 e. The molecule has 1 aromatic heterocycles. The predicted octanol–water partition coefficient (Wildman–Crippen LogP) is 4.11. The molecular formula is C22H24F3N3O4. The molecule has 3 atom stereocenters. The van der Waals surface area contributed by atoms with E-state index in [-0.39, 0.29) is 41.8 Å². The van der Waals surface area contributed by atoms with E-state index in [4.69, 9.17) is 9.84 Å². The quantitative estimate of drug-likeness (QED) is 0.756. The highest BCUT2D eigenvalue weighted by Crippen LogP contribution is 2.40. The molecule has 1 amide bonds. The van der Waals surface area contributed by atoms with Crippen molar-refractivity contribution in [3.8, 4) is 0 Å². The number of aromatic nitrogens is 2. The van der Waals surface area contributed by atoms with Crippen LogP contribution in [0.1, 0.15) is 45.6 Å². The fourth-order valence-corrected chi connectivity index (χ4v) is 4.81. The molecule has 4 rings (SSSR count). The van der Waals surface area contributed by atoms with E-state index in [2.05, 4.69) is 5.10 Å². The molecule has 1 aliphatic carbocycles. The number of carboxylic acid groups (broad SMARTS) is 1. The standard InChI is InChI=1S/C22H24F3N3O4/c1-12-8-28(26-19(12)20(29)30)21(31)27-9-15-6-17(7-16(15)10-27)32-11-14-4-3-5-18(13(14)2)22(23,24)25/h3-5,8,15-17H,6-7,9-11H2,1-2H3,(H,29,30)/t15-,16+,17+. The molecule has 1 saturated heterocycles. The number of carbonyl (C=O) groups excluding carboxylic acids is 1. The van der Waals surface area contributed by atoms with Crippen LogP contribution >= 0.6 is 0 Å². The number of aromatic carboxylic acids is 1. The fourth-order valence-electron chi connectivity index (χ4n) is 4.81. The van der Waals surface area contributed by atoms with Gasteiger partial charge in [-0.2, -0.15) is 23.0 Å². The fraction of sp³-hybridized carbons (Fsp3) is 0.500. The first-order chi connectivity index (χ1) is 15.0. The number of likely N-dealkylation sites (tertiary alicyclic amines) is 1. The number of hydrogen-bond acceptors (Lipinski definition) is 4. The van der Waals surface area contributed by atoms with Crippen molar-refractivity contribution >= 4 is 12.0 Å². The number of halogens is 3. The first kappa shape index (κ1) is 22.3. The van der Waals surface area contributed by atoms with E-state index in [1.807, 2.05) is 0 Å². The molecule has 0 radical (unpaired) electrons. The molecule has 1 aromatic carbocycles. The number of carboxylic acids is 1. The number of rotatable bonds is 4. The van der Waals surface area contributed by atoms with Crippen molar-refractivity contribution in [3.63, 3.8) is 0 Å². The van der Waals surface area contributed by atoms with Gasteiger partial charge in [-0.05, 0) is 55.7 Å². The van der Waals surface area contributed by atoms with Gasteiger partial charge < -0.3 is 14.7 Å². The van der Waals surface area contributed by atoms with E-state index in [0.717, 1.165) is 23.6 Å². The molecule has 10 heteroatoms. The SMILES string of the molecule is Cc1cn(C(=O)N2C[C@H]3C[C@H](OCc4cccc(C(F)(F)F)c4C)C[C@H]3C2)nc1C(=O)O. The van der Waals surface area contributed by atoms with Crippen LogP contribution < -0.4 is 0 Å². The van der Waals surface area contributed by atoms with E-state index in [9.17, 15) is 22.8 Å². The molecule has 2 heterocycles. The molecule has 1 N–H and O–H groups in total. The third kappa shape index (κ3) is 4.23. The highest BCUT2D eigenvalue weighted by atomic mass is 19.4. The molecule has 2 aromatic rings. The Labute approximate surface area is 182 Å². The number of amides is 1. The summed E-state index contributed by atoms with van der Waals surface area (Å²) in [5.74, 6) is -0.701. The lowest BCUT2D eigenvalue weighted by Gasteiger charge is -2.20. The van der Waals surface area contributed by atoms with Crippen LogP contribution in [0.2, 0.25) is 0 Å². The Hall–Kier alpha value is -2.88. The first-order valence-electron chi connectivity index (χ1n) is 10.4. The van der Waals surface area contributed by atoms with Crippen molar-refractivity contribution in [2.45, 2.75) is 45.6 Å². The summed E-state index contributed by atoms with van der Waals surface area (Å²) in [5, 5.41) is 13.0. The average molecular weight is 451 g/mol. The zero-order chi connectivity index (χ0) is 23.2. The van der Waals surface area contributed by atoms with Gasteiger partial charge in [-0.15, -0.1) is 0 Å². The molecule has 0 bridgehead atoms. The second-order valence-corrected chi connectivity index (χ2v) is 8.61. The predicted molar refractivity (Wildman–Crippen MR) is 107 cm³/mol. The summed E-state index contributed by atoms with van der Waals surface area (Å²) in [5.41, 5.74) is 0.345. The van der Waals surface area contributed by atoms with Crippen molar-refractivity contribution in [1.29, 1.82) is 0 Å². The van der Waals surface area contributed by atoms with Crippen LogP contribution in [0, 0.1) is 25.7 Å². The maximum atomic E-state index is 13.1. The zero-order valence-electron chi connectivity index (χ0n) is 17.7. The van der Waals surface area contributed by atoms with Crippen LogP contribution in [0.15, 0.2) is 24.4 Å². The Morgan fingerprint density at radius 1 is 1.19 bits per heavy atom. The first-order valence-corrected chi connectivity index (χ1v) is 10.4. The van der Waals surface area contributed by atoms with Gasteiger partial charge in [-0.3, -0.25) is 0 Å². The molecule has 172 valence electrons. The van der Waals surface area contributed by atoms with Crippen LogP contribution in [-0.2, 0) is 17.5 Å². The van der Waals surface area contributed by atoms with E-state index in [1.54, 1.807) is 17.9 Å². The van der Waals surface area contributed by atoms with Crippen LogP contribution in [0.3, 0.4) is 0 Å². The summed E-state index contributed by atoms with van der Waals surface area (Å²) in [7, 11) is 0. The molecule has 32 heavy (non-hydrogen) atoms. The molecule has 1 saturated carbocycles. The zero-order valence-corrected chi connectivity index (χ0v) is 17.7. The minimum Gasteiger partial charge on any atom is -0.476 e. The average Bonchev–Trinajstić information content (AvgIpc) is 3.38. The summed E-state index contributed by atoms with van der Waals surface area (Å²) >= 11 is 0. The molecular weight excluding hydrogens is 427 g/mol. The maximum absolute atomic E-state index is 13.1. The number of hydrogen-bond donors (Lipinski definition) is 1. The third-order valence-corrected chi connectivity index (χ3v) is 6.50. The molecule has 1 aliphatic heterocycles. The Morgan fingerprint density at radius 2 is 1.84 bits per heavy atom. The lowest BCUT2D eigenvalue weighted by molar-refractivity contribution is -0.138. The number of benzene rings is 1. The minimum absolute atomic E-state index is 0.0678. The molecule has 0 unspecified atom stereocenters. The lowest BCUT2D eigenvalue weighted by Crippen LogP contribution is -2.34. The Balaban J connectivity index is 1.33. The second-order valence-electron chi connectivity index (χ2n) is 8.61. The van der Waals surface area contributed by atoms with Crippen molar-refractivity contribution in [3.05, 3.63) is 52.3 Å². The Kier molecular flexibility index (Phi) is 5.74. The number of alkyl halides is 3. The summed E-state index contributed by atoms with van der Waals surface area (Å²) in [6.07, 6.45) is -1.58. The highest BCUT2D eigenvalue weighted by molar-refractivity contribution is 5.88. The van der Waals surface area contributed by atoms with Crippen molar-refractivity contribution < 1.29 is 32.6 Å². The van der Waals surface area contributed by atoms with Gasteiger partial charge in [0.15, 0.2) is 5.69 Å². The second kappa shape index (κ2) is 8.23. The number of carbonyl (C=O) groups is 2. The van der Waals surface area contributed by atoms with Crippen molar-refractivity contribution in [1.82, 2.24) is 14.7 Å². The van der Waals surface area contributed by atoms with Gasteiger partial charge in [0.25, 0.3) is 0 Å². The van der Waals surface area contributed by atoms with Crippen molar-refractivity contribution in [2.75, 3.05) is 13.1 Å². The Morgan fingerprint density at radius 3 is 2.41 bits per heavy atom. The van der Waals surface area contributed by atoms with Gasteiger partial charge in [0.2, 0.25) is 0 Å². The molecule has 7 nitrogen and oxygen atoms in total. The van der Waals surface area contributed by atoms with Gasteiger partial charge in [0, 0.05) is 24.8 Å². The van der Waals surface area contributed by atoms with E-state index >= 15 is 0 Å². The monoisotopic (exact) mass is 451 g/mol. The topological polar surface area (TPSA) is 84.7 Å².